The summed E-state index contributed by atoms with van der Waals surface area (Å²) in [5.74, 6) is 2.00. The Hall–Kier alpha value is -3.10. The normalized spacial score (nSPS) is 19.2. The van der Waals surface area contributed by atoms with Gasteiger partial charge in [-0.15, -0.1) is 10.2 Å². The first kappa shape index (κ1) is 20.2. The fraction of sp³-hybridized carbons (Fsp3) is 0.524. The summed E-state index contributed by atoms with van der Waals surface area (Å²) in [7, 11) is 0. The predicted molar refractivity (Wildman–Crippen MR) is 108 cm³/mol. The molecular formula is C21H26N6O3. The molecule has 1 aliphatic rings. The van der Waals surface area contributed by atoms with Crippen molar-refractivity contribution >= 4 is 5.91 Å². The average Bonchev–Trinajstić information content (AvgIpc) is 3.43. The van der Waals surface area contributed by atoms with Crippen LogP contribution in [0.25, 0.3) is 11.6 Å². The Balaban J connectivity index is 1.27. The van der Waals surface area contributed by atoms with Crippen molar-refractivity contribution in [3.63, 3.8) is 0 Å². The number of carbonyl (C=O) groups is 1. The van der Waals surface area contributed by atoms with E-state index < -0.39 is 0 Å². The molecule has 1 fully saturated rings. The van der Waals surface area contributed by atoms with E-state index in [1.807, 2.05) is 20.8 Å². The van der Waals surface area contributed by atoms with Crippen LogP contribution in [0.4, 0.5) is 0 Å². The van der Waals surface area contributed by atoms with Crippen LogP contribution >= 0.6 is 0 Å². The number of rotatable bonds is 6. The van der Waals surface area contributed by atoms with Gasteiger partial charge in [-0.3, -0.25) is 9.78 Å². The molecule has 0 aliphatic heterocycles. The van der Waals surface area contributed by atoms with Crippen LogP contribution in [-0.2, 0) is 0 Å². The molecule has 30 heavy (non-hydrogen) atoms. The molecule has 3 heterocycles. The Morgan fingerprint density at radius 3 is 2.63 bits per heavy atom. The summed E-state index contributed by atoms with van der Waals surface area (Å²) in [5, 5.41) is 15.2. The number of hydrogen-bond acceptors (Lipinski definition) is 8. The van der Waals surface area contributed by atoms with Crippen molar-refractivity contribution in [3.05, 3.63) is 41.5 Å². The molecule has 0 spiro atoms. The highest BCUT2D eigenvalue weighted by Crippen LogP contribution is 2.35. The lowest BCUT2D eigenvalue weighted by molar-refractivity contribution is 0.0905. The molecule has 1 aliphatic carbocycles. The monoisotopic (exact) mass is 410 g/mol. The minimum absolute atomic E-state index is 0.211. The van der Waals surface area contributed by atoms with Gasteiger partial charge in [-0.05, 0) is 44.4 Å². The largest absolute Gasteiger partial charge is 0.419 e. The van der Waals surface area contributed by atoms with Gasteiger partial charge in [0.05, 0.1) is 17.6 Å². The second kappa shape index (κ2) is 8.73. The molecule has 1 saturated carbocycles. The van der Waals surface area contributed by atoms with Gasteiger partial charge in [-0.2, -0.15) is 0 Å². The van der Waals surface area contributed by atoms with Gasteiger partial charge in [0.2, 0.25) is 11.7 Å². The maximum absolute atomic E-state index is 12.3. The summed E-state index contributed by atoms with van der Waals surface area (Å²) in [6.45, 7) is 6.53. The third kappa shape index (κ3) is 4.55. The SMILES string of the molecule is Cc1cnc(-c2nnc(C3CCC(CNC(=O)c4cc(C(C)C)no4)CC3)o2)cn1. The highest BCUT2D eigenvalue weighted by Gasteiger charge is 2.27. The molecule has 0 atom stereocenters. The zero-order valence-corrected chi connectivity index (χ0v) is 17.5. The molecule has 0 saturated heterocycles. The third-order valence-electron chi connectivity index (χ3n) is 5.53. The lowest BCUT2D eigenvalue weighted by atomic mass is 9.82. The Labute approximate surface area is 174 Å². The van der Waals surface area contributed by atoms with Crippen LogP contribution in [0, 0.1) is 12.8 Å². The van der Waals surface area contributed by atoms with E-state index in [1.54, 1.807) is 18.5 Å². The number of nitrogens with one attached hydrogen (secondary N) is 1. The smallest absolute Gasteiger partial charge is 0.289 e. The number of aromatic nitrogens is 5. The van der Waals surface area contributed by atoms with Gasteiger partial charge in [0.15, 0.2) is 0 Å². The lowest BCUT2D eigenvalue weighted by Crippen LogP contribution is -2.30. The van der Waals surface area contributed by atoms with Crippen molar-refractivity contribution in [1.82, 2.24) is 30.6 Å². The predicted octanol–water partition coefficient (Wildman–Crippen LogP) is 3.65. The maximum Gasteiger partial charge on any atom is 0.289 e. The minimum Gasteiger partial charge on any atom is -0.419 e. The van der Waals surface area contributed by atoms with Gasteiger partial charge < -0.3 is 14.3 Å². The van der Waals surface area contributed by atoms with Crippen LogP contribution in [-0.4, -0.2) is 37.8 Å². The van der Waals surface area contributed by atoms with E-state index in [0.717, 1.165) is 37.1 Å². The first-order chi connectivity index (χ1) is 14.5. The van der Waals surface area contributed by atoms with E-state index in [9.17, 15) is 4.79 Å². The molecule has 3 aromatic rings. The average molecular weight is 410 g/mol. The minimum atomic E-state index is -0.211. The fourth-order valence-corrected chi connectivity index (χ4v) is 3.61. The van der Waals surface area contributed by atoms with Crippen LogP contribution in [0.1, 0.15) is 79.2 Å². The van der Waals surface area contributed by atoms with Crippen molar-refractivity contribution in [2.45, 2.75) is 58.3 Å². The zero-order chi connectivity index (χ0) is 21.1. The van der Waals surface area contributed by atoms with E-state index >= 15 is 0 Å². The van der Waals surface area contributed by atoms with Crippen molar-refractivity contribution in [3.8, 4) is 11.6 Å². The Bertz CT molecular complexity index is 986. The second-order valence-electron chi connectivity index (χ2n) is 8.19. The molecule has 3 aromatic heterocycles. The summed E-state index contributed by atoms with van der Waals surface area (Å²) >= 11 is 0. The molecule has 9 nitrogen and oxygen atoms in total. The molecule has 1 amide bonds. The standard InChI is InChI=1S/C21H26N6O3/c1-12(2)16-8-18(30-27-16)19(28)24-10-14-4-6-15(7-5-14)20-25-26-21(29-20)17-11-22-13(3)9-23-17/h8-9,11-12,14-15H,4-7,10H2,1-3H3,(H,24,28). The topological polar surface area (TPSA) is 120 Å². The summed E-state index contributed by atoms with van der Waals surface area (Å²) in [4.78, 5) is 20.8. The van der Waals surface area contributed by atoms with Gasteiger partial charge in [0, 0.05) is 24.7 Å². The molecule has 0 radical (unpaired) electrons. The molecule has 1 N–H and O–H groups in total. The molecule has 0 unspecified atom stereocenters. The summed E-state index contributed by atoms with van der Waals surface area (Å²) in [6, 6.07) is 1.71. The van der Waals surface area contributed by atoms with Gasteiger partial charge in [0.25, 0.3) is 11.8 Å². The number of nitrogens with zero attached hydrogens (tertiary/aromatic N) is 5. The molecule has 0 aromatic carbocycles. The van der Waals surface area contributed by atoms with Crippen LogP contribution in [0.5, 0.6) is 0 Å². The first-order valence-electron chi connectivity index (χ1n) is 10.4. The van der Waals surface area contributed by atoms with E-state index in [2.05, 4.69) is 30.6 Å². The number of hydrogen-bond donors (Lipinski definition) is 1. The van der Waals surface area contributed by atoms with Gasteiger partial charge in [-0.25, -0.2) is 4.98 Å². The van der Waals surface area contributed by atoms with Crippen LogP contribution in [0.2, 0.25) is 0 Å². The second-order valence-corrected chi connectivity index (χ2v) is 8.19. The molecule has 0 bridgehead atoms. The Morgan fingerprint density at radius 1 is 1.17 bits per heavy atom. The van der Waals surface area contributed by atoms with Crippen LogP contribution in [0.15, 0.2) is 27.4 Å². The number of amides is 1. The quantitative estimate of drug-likeness (QED) is 0.654. The van der Waals surface area contributed by atoms with E-state index in [4.69, 9.17) is 8.94 Å². The van der Waals surface area contributed by atoms with E-state index in [0.29, 0.717) is 29.9 Å². The van der Waals surface area contributed by atoms with Crippen molar-refractivity contribution in [1.29, 1.82) is 0 Å². The highest BCUT2D eigenvalue weighted by molar-refractivity contribution is 5.91. The maximum atomic E-state index is 12.3. The lowest BCUT2D eigenvalue weighted by Gasteiger charge is -2.26. The van der Waals surface area contributed by atoms with Gasteiger partial charge in [-0.1, -0.05) is 19.0 Å². The van der Waals surface area contributed by atoms with Gasteiger partial charge in [0.1, 0.15) is 5.69 Å². The number of carbonyl (C=O) groups excluding carboxylic acids is 1. The van der Waals surface area contributed by atoms with Crippen LogP contribution < -0.4 is 5.32 Å². The van der Waals surface area contributed by atoms with Crippen molar-refractivity contribution in [2.75, 3.05) is 6.54 Å². The summed E-state index contributed by atoms with van der Waals surface area (Å²) in [5.41, 5.74) is 2.22. The zero-order valence-electron chi connectivity index (χ0n) is 17.5. The molecule has 4 rings (SSSR count). The Kier molecular flexibility index (Phi) is 5.87. The van der Waals surface area contributed by atoms with E-state index in [-0.39, 0.29) is 23.5 Å². The number of aryl methyl sites for hydroxylation is 1. The summed E-state index contributed by atoms with van der Waals surface area (Å²) < 4.78 is 11.0. The van der Waals surface area contributed by atoms with Gasteiger partial charge >= 0.3 is 0 Å². The van der Waals surface area contributed by atoms with E-state index in [1.165, 1.54) is 0 Å². The third-order valence-corrected chi connectivity index (χ3v) is 5.53. The first-order valence-corrected chi connectivity index (χ1v) is 10.4. The summed E-state index contributed by atoms with van der Waals surface area (Å²) in [6.07, 6.45) is 7.19. The van der Waals surface area contributed by atoms with Crippen molar-refractivity contribution < 1.29 is 13.7 Å². The Morgan fingerprint density at radius 2 is 1.97 bits per heavy atom. The molecule has 158 valence electrons. The van der Waals surface area contributed by atoms with Crippen molar-refractivity contribution in [2.24, 2.45) is 5.92 Å². The highest BCUT2D eigenvalue weighted by atomic mass is 16.5. The fourth-order valence-electron chi connectivity index (χ4n) is 3.61. The molecular weight excluding hydrogens is 384 g/mol. The molecule has 9 heteroatoms. The van der Waals surface area contributed by atoms with Crippen LogP contribution in [0.3, 0.4) is 0 Å².